The minimum Gasteiger partial charge on any atom is -0.489 e. The molecule has 0 saturated carbocycles. The monoisotopic (exact) mass is 466 g/mol. The van der Waals surface area contributed by atoms with Crippen LogP contribution in [0, 0.1) is 0 Å². The molecule has 2 aromatic carbocycles. The van der Waals surface area contributed by atoms with Gasteiger partial charge in [0.15, 0.2) is 0 Å². The van der Waals surface area contributed by atoms with Crippen LogP contribution in [0.15, 0.2) is 77.5 Å². The zero-order valence-corrected chi connectivity index (χ0v) is 19.8. The number of allylic oxidation sites excluding steroid dienone is 2. The van der Waals surface area contributed by atoms with Gasteiger partial charge in [-0.25, -0.2) is 9.59 Å². The predicted molar refractivity (Wildman–Crippen MR) is 127 cm³/mol. The van der Waals surface area contributed by atoms with Crippen molar-refractivity contribution in [3.05, 3.63) is 88.6 Å². The van der Waals surface area contributed by atoms with Crippen molar-refractivity contribution in [3.8, 4) is 5.75 Å². The molecule has 1 aliphatic heterocycles. The number of carbonyl (C=O) groups excluding carboxylic acids is 2. The van der Waals surface area contributed by atoms with E-state index < -0.39 is 18.2 Å². The van der Waals surface area contributed by atoms with Gasteiger partial charge in [-0.1, -0.05) is 48.5 Å². The van der Waals surface area contributed by atoms with Gasteiger partial charge < -0.3 is 29.6 Å². The van der Waals surface area contributed by atoms with E-state index >= 15 is 0 Å². The summed E-state index contributed by atoms with van der Waals surface area (Å²) in [5.41, 5.74) is 2.89. The highest BCUT2D eigenvalue weighted by atomic mass is 16.7. The number of dihydropyridines is 1. The molecule has 0 aromatic heterocycles. The van der Waals surface area contributed by atoms with Crippen LogP contribution in [0.2, 0.25) is 0 Å². The van der Waals surface area contributed by atoms with E-state index in [0.29, 0.717) is 41.6 Å². The van der Waals surface area contributed by atoms with Crippen LogP contribution < -0.4 is 15.4 Å². The maximum absolute atomic E-state index is 12.4. The van der Waals surface area contributed by atoms with Crippen LogP contribution >= 0.6 is 0 Å². The quantitative estimate of drug-likeness (QED) is 0.508. The summed E-state index contributed by atoms with van der Waals surface area (Å²) in [6, 6.07) is 17.2. The third kappa shape index (κ3) is 6.10. The predicted octanol–water partition coefficient (Wildman–Crippen LogP) is 5.33. The van der Waals surface area contributed by atoms with Crippen molar-refractivity contribution in [2.45, 2.75) is 40.2 Å². The summed E-state index contributed by atoms with van der Waals surface area (Å²) in [6.07, 6.45) is -1.45. The van der Waals surface area contributed by atoms with Gasteiger partial charge in [-0.15, -0.1) is 0 Å². The number of ether oxygens (including phenoxy) is 4. The normalized spacial score (nSPS) is 15.4. The number of para-hydroxylation sites is 1. The first-order valence-corrected chi connectivity index (χ1v) is 11.2. The molecular formula is C26H30N2O6. The Morgan fingerprint density at radius 2 is 1.56 bits per heavy atom. The summed E-state index contributed by atoms with van der Waals surface area (Å²) in [5, 5.41) is 5.76. The fourth-order valence-electron chi connectivity index (χ4n) is 3.61. The maximum atomic E-state index is 12.4. The van der Waals surface area contributed by atoms with E-state index in [-0.39, 0.29) is 12.4 Å². The van der Waals surface area contributed by atoms with Crippen LogP contribution in [0.5, 0.6) is 5.75 Å². The van der Waals surface area contributed by atoms with Crippen LogP contribution in [-0.4, -0.2) is 25.4 Å². The summed E-state index contributed by atoms with van der Waals surface area (Å²) < 4.78 is 22.5. The highest BCUT2D eigenvalue weighted by molar-refractivity contribution is 5.70. The van der Waals surface area contributed by atoms with Crippen LogP contribution in [0.3, 0.4) is 0 Å². The molecule has 8 nitrogen and oxygen atoms in total. The van der Waals surface area contributed by atoms with Crippen LogP contribution in [0.25, 0.3) is 0 Å². The maximum Gasteiger partial charge on any atom is 0.513 e. The first-order valence-electron chi connectivity index (χ1n) is 11.2. The minimum absolute atomic E-state index is 0.164. The average Bonchev–Trinajstić information content (AvgIpc) is 2.82. The summed E-state index contributed by atoms with van der Waals surface area (Å²) in [7, 11) is 0. The Hall–Kier alpha value is -3.94. The third-order valence-electron chi connectivity index (χ3n) is 5.09. The molecule has 180 valence electrons. The second kappa shape index (κ2) is 11.8. The number of hydrogen-bond donors (Lipinski definition) is 2. The molecule has 1 unspecified atom stereocenters. The number of alkyl carbamates (subject to hydrolysis) is 1. The summed E-state index contributed by atoms with van der Waals surface area (Å²) in [5.74, 6) is 0.409. The van der Waals surface area contributed by atoms with Crippen molar-refractivity contribution in [1.29, 1.82) is 0 Å². The van der Waals surface area contributed by atoms with Gasteiger partial charge in [-0.05, 0) is 39.3 Å². The van der Waals surface area contributed by atoms with Crippen LogP contribution in [0.1, 0.15) is 44.7 Å². The Morgan fingerprint density at radius 1 is 0.912 bits per heavy atom. The summed E-state index contributed by atoms with van der Waals surface area (Å²) in [4.78, 5) is 24.6. The Labute approximate surface area is 199 Å². The van der Waals surface area contributed by atoms with Gasteiger partial charge in [0, 0.05) is 12.1 Å². The van der Waals surface area contributed by atoms with Gasteiger partial charge in [0.1, 0.15) is 29.8 Å². The summed E-state index contributed by atoms with van der Waals surface area (Å²) in [6.45, 7) is 7.97. The minimum atomic E-state index is -0.844. The van der Waals surface area contributed by atoms with Crippen molar-refractivity contribution in [3.63, 3.8) is 0 Å². The van der Waals surface area contributed by atoms with E-state index in [1.54, 1.807) is 27.7 Å². The Balaban J connectivity index is 2.03. The molecule has 0 aliphatic carbocycles. The van der Waals surface area contributed by atoms with E-state index in [1.165, 1.54) is 0 Å². The Morgan fingerprint density at radius 3 is 2.24 bits per heavy atom. The number of carbonyl (C=O) groups is 2. The lowest BCUT2D eigenvalue weighted by molar-refractivity contribution is 0.0744. The van der Waals surface area contributed by atoms with Crippen molar-refractivity contribution < 1.29 is 28.5 Å². The molecule has 8 heteroatoms. The van der Waals surface area contributed by atoms with Gasteiger partial charge in [-0.3, -0.25) is 0 Å². The molecule has 1 heterocycles. The number of hydrogen-bond acceptors (Lipinski definition) is 7. The van der Waals surface area contributed by atoms with Gasteiger partial charge in [0.25, 0.3) is 0 Å². The van der Waals surface area contributed by atoms with Crippen molar-refractivity contribution in [2.75, 3.05) is 13.2 Å². The molecule has 2 aromatic rings. The van der Waals surface area contributed by atoms with E-state index in [9.17, 15) is 9.59 Å². The highest BCUT2D eigenvalue weighted by Gasteiger charge is 2.37. The molecule has 0 fully saturated rings. The lowest BCUT2D eigenvalue weighted by atomic mass is 9.90. The summed E-state index contributed by atoms with van der Waals surface area (Å²) >= 11 is 0. The third-order valence-corrected chi connectivity index (χ3v) is 5.09. The van der Waals surface area contributed by atoms with E-state index in [2.05, 4.69) is 10.6 Å². The largest absolute Gasteiger partial charge is 0.513 e. The number of rotatable bonds is 8. The van der Waals surface area contributed by atoms with Crippen molar-refractivity contribution in [2.24, 2.45) is 0 Å². The zero-order chi connectivity index (χ0) is 24.5. The molecule has 3 rings (SSSR count). The molecule has 0 saturated heterocycles. The first kappa shape index (κ1) is 24.7. The molecule has 0 bridgehead atoms. The molecule has 0 radical (unpaired) electrons. The van der Waals surface area contributed by atoms with Crippen molar-refractivity contribution >= 4 is 12.2 Å². The van der Waals surface area contributed by atoms with E-state index in [0.717, 1.165) is 5.56 Å². The first-order chi connectivity index (χ1) is 16.4. The number of amides is 1. The molecular weight excluding hydrogens is 436 g/mol. The van der Waals surface area contributed by atoms with Gasteiger partial charge in [-0.2, -0.15) is 0 Å². The van der Waals surface area contributed by atoms with Gasteiger partial charge >= 0.3 is 12.2 Å². The fourth-order valence-corrected chi connectivity index (χ4v) is 3.61. The molecule has 1 atom stereocenters. The zero-order valence-electron chi connectivity index (χ0n) is 19.8. The fraction of sp³-hybridized carbons (Fsp3) is 0.308. The topological polar surface area (TPSA) is 95.1 Å². The number of nitrogens with one attached hydrogen (secondary N) is 2. The van der Waals surface area contributed by atoms with E-state index in [4.69, 9.17) is 18.9 Å². The second-order valence-electron chi connectivity index (χ2n) is 7.55. The molecule has 1 aliphatic rings. The molecule has 0 spiro atoms. The molecule has 2 N–H and O–H groups in total. The van der Waals surface area contributed by atoms with Crippen molar-refractivity contribution in [1.82, 2.24) is 10.6 Å². The smallest absolute Gasteiger partial charge is 0.489 e. The highest BCUT2D eigenvalue weighted by Crippen LogP contribution is 2.43. The Kier molecular flexibility index (Phi) is 8.56. The van der Waals surface area contributed by atoms with Crippen LogP contribution in [-0.2, 0) is 20.8 Å². The van der Waals surface area contributed by atoms with Crippen LogP contribution in [0.4, 0.5) is 9.59 Å². The lowest BCUT2D eigenvalue weighted by Gasteiger charge is -2.31. The standard InChI is InChI=1S/C26H30N2O6/c1-5-27-25(29)33-23-17(3)28-18(4)24(34-26(30)31-6-2)22(23)20-14-10-11-15-21(20)32-16-19-12-8-7-9-13-19/h7-15,22,28H,5-6,16H2,1-4H3,(H,27,29). The SMILES string of the molecule is CCNC(=O)OC1=C(C)NC(C)=C(OC(=O)OCC)C1c1ccccc1OCc1ccccc1. The second-order valence-corrected chi connectivity index (χ2v) is 7.55. The number of benzene rings is 2. The van der Waals surface area contributed by atoms with E-state index in [1.807, 2.05) is 54.6 Å². The molecule has 34 heavy (non-hydrogen) atoms. The molecule has 1 amide bonds. The van der Waals surface area contributed by atoms with Gasteiger partial charge in [0.2, 0.25) is 0 Å². The Bertz CT molecular complexity index is 1040. The lowest BCUT2D eigenvalue weighted by Crippen LogP contribution is -2.32. The van der Waals surface area contributed by atoms with Gasteiger partial charge in [0.05, 0.1) is 18.0 Å². The average molecular weight is 467 g/mol.